The number of non-ortho nitro benzene ring substituents is 1. The van der Waals surface area contributed by atoms with E-state index in [1.54, 1.807) is 5.38 Å². The van der Waals surface area contributed by atoms with Crippen LogP contribution in [0.2, 0.25) is 0 Å². The molecule has 2 aromatic rings. The molecule has 72 valence electrons. The zero-order valence-electron chi connectivity index (χ0n) is 6.86. The van der Waals surface area contributed by atoms with Gasteiger partial charge in [-0.1, -0.05) is 0 Å². The number of nitrogens with two attached hydrogens (primary N) is 1. The number of anilines is 1. The minimum atomic E-state index is -0.639. The van der Waals surface area contributed by atoms with Gasteiger partial charge in [0.15, 0.2) is 0 Å². The molecule has 0 aliphatic heterocycles. The summed E-state index contributed by atoms with van der Waals surface area (Å²) in [5, 5.41) is 12.4. The van der Waals surface area contributed by atoms with Gasteiger partial charge in [0, 0.05) is 16.8 Å². The number of halogens is 1. The molecule has 0 radical (unpaired) electrons. The average molecular weight is 212 g/mol. The molecular weight excluding hydrogens is 207 g/mol. The van der Waals surface area contributed by atoms with Crippen LogP contribution in [0.4, 0.5) is 15.8 Å². The molecule has 6 heteroatoms. The summed E-state index contributed by atoms with van der Waals surface area (Å²) in [4.78, 5) is 9.79. The summed E-state index contributed by atoms with van der Waals surface area (Å²) in [5.74, 6) is -0.601. The highest BCUT2D eigenvalue weighted by atomic mass is 32.1. The molecule has 2 rings (SSSR count). The maximum atomic E-state index is 13.3. The van der Waals surface area contributed by atoms with Crippen LogP contribution in [-0.2, 0) is 0 Å². The van der Waals surface area contributed by atoms with Gasteiger partial charge in [0.25, 0.3) is 5.69 Å². The van der Waals surface area contributed by atoms with Crippen LogP contribution < -0.4 is 5.73 Å². The van der Waals surface area contributed by atoms with Crippen molar-refractivity contribution in [1.29, 1.82) is 0 Å². The fraction of sp³-hybridized carbons (Fsp3) is 0. The van der Waals surface area contributed by atoms with Gasteiger partial charge in [0.05, 0.1) is 21.4 Å². The van der Waals surface area contributed by atoms with Crippen LogP contribution in [0.5, 0.6) is 0 Å². The molecule has 0 aliphatic carbocycles. The van der Waals surface area contributed by atoms with Crippen molar-refractivity contribution in [3.05, 3.63) is 33.4 Å². The molecule has 0 fully saturated rings. The second-order valence-electron chi connectivity index (χ2n) is 2.75. The van der Waals surface area contributed by atoms with Gasteiger partial charge in [-0.15, -0.1) is 11.3 Å². The van der Waals surface area contributed by atoms with Gasteiger partial charge in [0.2, 0.25) is 0 Å². The Balaban J connectivity index is 2.82. The quantitative estimate of drug-likeness (QED) is 0.583. The summed E-state index contributed by atoms with van der Waals surface area (Å²) in [6.45, 7) is 0. The Morgan fingerprint density at radius 2 is 2.21 bits per heavy atom. The highest BCUT2D eigenvalue weighted by Crippen LogP contribution is 2.33. The molecule has 2 N–H and O–H groups in total. The Kier molecular flexibility index (Phi) is 1.85. The first-order chi connectivity index (χ1) is 6.59. The van der Waals surface area contributed by atoms with Crippen molar-refractivity contribution in [2.45, 2.75) is 0 Å². The topological polar surface area (TPSA) is 69.2 Å². The molecule has 14 heavy (non-hydrogen) atoms. The average Bonchev–Trinajstić information content (AvgIpc) is 2.48. The number of fused-ring (bicyclic) bond motifs is 1. The molecule has 0 saturated carbocycles. The normalized spacial score (nSPS) is 10.6. The SMILES string of the molecule is Nc1csc2c(F)cc([N+](=O)[O-])cc12. The molecule has 0 amide bonds. The highest BCUT2D eigenvalue weighted by Gasteiger charge is 2.14. The molecule has 0 atom stereocenters. The van der Waals surface area contributed by atoms with E-state index in [9.17, 15) is 14.5 Å². The Hall–Kier alpha value is -1.69. The van der Waals surface area contributed by atoms with Crippen molar-refractivity contribution in [2.24, 2.45) is 0 Å². The van der Waals surface area contributed by atoms with E-state index in [0.29, 0.717) is 15.8 Å². The lowest BCUT2D eigenvalue weighted by atomic mass is 10.2. The minimum absolute atomic E-state index is 0.278. The number of nitrogen functional groups attached to an aromatic ring is 1. The minimum Gasteiger partial charge on any atom is -0.398 e. The molecule has 0 saturated heterocycles. The van der Waals surface area contributed by atoms with E-state index >= 15 is 0 Å². The number of nitro benzene ring substituents is 1. The van der Waals surface area contributed by atoms with Crippen LogP contribution in [0.1, 0.15) is 0 Å². The van der Waals surface area contributed by atoms with Gasteiger partial charge in [-0.05, 0) is 0 Å². The van der Waals surface area contributed by atoms with Crippen LogP contribution in [-0.4, -0.2) is 4.92 Å². The Bertz CT molecular complexity index is 523. The van der Waals surface area contributed by atoms with Crippen molar-refractivity contribution in [2.75, 3.05) is 5.73 Å². The third-order valence-electron chi connectivity index (χ3n) is 1.85. The first-order valence-corrected chi connectivity index (χ1v) is 4.58. The fourth-order valence-electron chi connectivity index (χ4n) is 1.20. The van der Waals surface area contributed by atoms with Gasteiger partial charge < -0.3 is 5.73 Å². The molecule has 1 heterocycles. The number of rotatable bonds is 1. The number of nitrogens with zero attached hydrogens (tertiary/aromatic N) is 1. The predicted molar refractivity (Wildman–Crippen MR) is 52.8 cm³/mol. The van der Waals surface area contributed by atoms with Crippen LogP contribution in [0, 0.1) is 15.9 Å². The Morgan fingerprint density at radius 3 is 2.86 bits per heavy atom. The summed E-state index contributed by atoms with van der Waals surface area (Å²) in [5.41, 5.74) is 5.63. The molecule has 1 aromatic heterocycles. The summed E-state index contributed by atoms with van der Waals surface area (Å²) in [6.07, 6.45) is 0. The number of hydrogen-bond donors (Lipinski definition) is 1. The zero-order valence-corrected chi connectivity index (χ0v) is 7.68. The van der Waals surface area contributed by atoms with E-state index in [0.717, 1.165) is 17.4 Å². The molecule has 0 bridgehead atoms. The molecule has 0 unspecified atom stereocenters. The lowest BCUT2D eigenvalue weighted by molar-refractivity contribution is -0.384. The summed E-state index contributed by atoms with van der Waals surface area (Å²) in [7, 11) is 0. The fourth-order valence-corrected chi connectivity index (χ4v) is 2.05. The molecular formula is C8H5FN2O2S. The van der Waals surface area contributed by atoms with E-state index in [4.69, 9.17) is 5.73 Å². The maximum absolute atomic E-state index is 13.3. The first-order valence-electron chi connectivity index (χ1n) is 3.70. The van der Waals surface area contributed by atoms with Gasteiger partial charge in [-0.2, -0.15) is 0 Å². The van der Waals surface area contributed by atoms with Gasteiger partial charge in [0.1, 0.15) is 5.82 Å². The number of thiophene rings is 1. The van der Waals surface area contributed by atoms with Crippen LogP contribution in [0.25, 0.3) is 10.1 Å². The van der Waals surface area contributed by atoms with Crippen molar-refractivity contribution >= 4 is 32.8 Å². The zero-order chi connectivity index (χ0) is 10.3. The largest absolute Gasteiger partial charge is 0.398 e. The standard InChI is InChI=1S/C8H5FN2O2S/c9-6-2-4(11(12)13)1-5-7(10)3-14-8(5)6/h1-3H,10H2. The molecule has 1 aromatic carbocycles. The van der Waals surface area contributed by atoms with Crippen molar-refractivity contribution in [1.82, 2.24) is 0 Å². The second kappa shape index (κ2) is 2.91. The van der Waals surface area contributed by atoms with Crippen LogP contribution in [0.3, 0.4) is 0 Å². The molecule has 0 spiro atoms. The molecule has 0 aliphatic rings. The number of nitro groups is 1. The maximum Gasteiger partial charge on any atom is 0.273 e. The van der Waals surface area contributed by atoms with Crippen LogP contribution >= 0.6 is 11.3 Å². The van der Waals surface area contributed by atoms with E-state index in [1.807, 2.05) is 0 Å². The highest BCUT2D eigenvalue weighted by molar-refractivity contribution is 7.17. The monoisotopic (exact) mass is 212 g/mol. The Morgan fingerprint density at radius 1 is 1.50 bits per heavy atom. The summed E-state index contributed by atoms with van der Waals surface area (Å²) < 4.78 is 13.6. The first kappa shape index (κ1) is 8.89. The van der Waals surface area contributed by atoms with E-state index in [-0.39, 0.29) is 5.69 Å². The third-order valence-corrected chi connectivity index (χ3v) is 2.88. The van der Waals surface area contributed by atoms with E-state index < -0.39 is 10.7 Å². The Labute approximate surface area is 81.9 Å². The summed E-state index contributed by atoms with van der Waals surface area (Å²) >= 11 is 1.14. The van der Waals surface area contributed by atoms with Crippen molar-refractivity contribution in [3.63, 3.8) is 0 Å². The smallest absolute Gasteiger partial charge is 0.273 e. The van der Waals surface area contributed by atoms with Crippen molar-refractivity contribution in [3.8, 4) is 0 Å². The van der Waals surface area contributed by atoms with E-state index in [1.165, 1.54) is 6.07 Å². The van der Waals surface area contributed by atoms with Crippen molar-refractivity contribution < 1.29 is 9.31 Å². The van der Waals surface area contributed by atoms with Crippen LogP contribution in [0.15, 0.2) is 17.5 Å². The predicted octanol–water partition coefficient (Wildman–Crippen LogP) is 2.53. The number of benzene rings is 1. The third kappa shape index (κ3) is 1.20. The summed E-state index contributed by atoms with van der Waals surface area (Å²) in [6, 6.07) is 2.18. The lowest BCUT2D eigenvalue weighted by Crippen LogP contribution is -1.90. The van der Waals surface area contributed by atoms with E-state index in [2.05, 4.69) is 0 Å². The van der Waals surface area contributed by atoms with Gasteiger partial charge in [-0.3, -0.25) is 10.1 Å². The molecule has 4 nitrogen and oxygen atoms in total. The van der Waals surface area contributed by atoms with Gasteiger partial charge in [-0.25, -0.2) is 4.39 Å². The lowest BCUT2D eigenvalue weighted by Gasteiger charge is -1.95. The second-order valence-corrected chi connectivity index (χ2v) is 3.63. The number of hydrogen-bond acceptors (Lipinski definition) is 4. The van der Waals surface area contributed by atoms with Gasteiger partial charge >= 0.3 is 0 Å².